The smallest absolute Gasteiger partial charge is 0.317 e. The summed E-state index contributed by atoms with van der Waals surface area (Å²) in [6.45, 7) is 2.15. The van der Waals surface area contributed by atoms with E-state index in [4.69, 9.17) is 10.2 Å². The van der Waals surface area contributed by atoms with E-state index in [9.17, 15) is 14.4 Å². The Hall–Kier alpha value is -2.17. The van der Waals surface area contributed by atoms with Crippen molar-refractivity contribution in [2.75, 3.05) is 0 Å². The minimum atomic E-state index is -1.39. The predicted octanol–water partition coefficient (Wildman–Crippen LogP) is 3.95. The van der Waals surface area contributed by atoms with Crippen molar-refractivity contribution in [2.24, 2.45) is 5.92 Å². The summed E-state index contributed by atoms with van der Waals surface area (Å²) < 4.78 is 0. The van der Waals surface area contributed by atoms with E-state index in [0.717, 1.165) is 24.8 Å². The van der Waals surface area contributed by atoms with Gasteiger partial charge < -0.3 is 10.2 Å². The third-order valence-corrected chi connectivity index (χ3v) is 4.10. The summed E-state index contributed by atoms with van der Waals surface area (Å²) in [7, 11) is 0. The SMILES string of the molecule is CCCCCCCC(=O)c1ccc(CCC(C(=O)O)C(=O)O)cc1. The summed E-state index contributed by atoms with van der Waals surface area (Å²) >= 11 is 0. The predicted molar refractivity (Wildman–Crippen MR) is 91.2 cm³/mol. The van der Waals surface area contributed by atoms with Gasteiger partial charge in [-0.3, -0.25) is 14.4 Å². The van der Waals surface area contributed by atoms with E-state index in [-0.39, 0.29) is 12.2 Å². The van der Waals surface area contributed by atoms with Crippen LogP contribution >= 0.6 is 0 Å². The molecule has 0 aliphatic heterocycles. The second-order valence-corrected chi connectivity index (χ2v) is 6.05. The van der Waals surface area contributed by atoms with Crippen molar-refractivity contribution in [2.45, 2.75) is 58.3 Å². The monoisotopic (exact) mass is 334 g/mol. The molecule has 0 heterocycles. The molecule has 132 valence electrons. The summed E-state index contributed by atoms with van der Waals surface area (Å²) in [5.41, 5.74) is 1.49. The van der Waals surface area contributed by atoms with Crippen LogP contribution in [0.2, 0.25) is 0 Å². The lowest BCUT2D eigenvalue weighted by atomic mass is 9.97. The zero-order valence-electron chi connectivity index (χ0n) is 14.2. The number of aryl methyl sites for hydroxylation is 1. The molecule has 0 bridgehead atoms. The molecule has 0 aliphatic rings. The average molecular weight is 334 g/mol. The van der Waals surface area contributed by atoms with Gasteiger partial charge in [-0.15, -0.1) is 0 Å². The molecule has 0 atom stereocenters. The maximum Gasteiger partial charge on any atom is 0.317 e. The van der Waals surface area contributed by atoms with Gasteiger partial charge in [-0.25, -0.2) is 0 Å². The van der Waals surface area contributed by atoms with Crippen molar-refractivity contribution in [3.8, 4) is 0 Å². The average Bonchev–Trinajstić information content (AvgIpc) is 2.54. The van der Waals surface area contributed by atoms with Crippen LogP contribution in [0.15, 0.2) is 24.3 Å². The van der Waals surface area contributed by atoms with E-state index < -0.39 is 17.9 Å². The van der Waals surface area contributed by atoms with Gasteiger partial charge >= 0.3 is 11.9 Å². The molecule has 0 unspecified atom stereocenters. The highest BCUT2D eigenvalue weighted by Gasteiger charge is 2.25. The number of aliphatic carboxylic acids is 2. The lowest BCUT2D eigenvalue weighted by Crippen LogP contribution is -2.23. The largest absolute Gasteiger partial charge is 0.481 e. The van der Waals surface area contributed by atoms with Crippen LogP contribution < -0.4 is 0 Å². The van der Waals surface area contributed by atoms with Crippen molar-refractivity contribution in [1.29, 1.82) is 0 Å². The van der Waals surface area contributed by atoms with E-state index in [0.29, 0.717) is 18.4 Å². The highest BCUT2D eigenvalue weighted by Crippen LogP contribution is 2.14. The molecule has 0 spiro atoms. The summed E-state index contributed by atoms with van der Waals surface area (Å²) in [4.78, 5) is 33.8. The highest BCUT2D eigenvalue weighted by molar-refractivity contribution is 5.96. The van der Waals surface area contributed by atoms with E-state index in [1.807, 2.05) is 0 Å². The molecular weight excluding hydrogens is 308 g/mol. The van der Waals surface area contributed by atoms with Crippen LogP contribution in [0.3, 0.4) is 0 Å². The number of carbonyl (C=O) groups excluding carboxylic acids is 1. The fourth-order valence-corrected chi connectivity index (χ4v) is 2.55. The van der Waals surface area contributed by atoms with Crippen LogP contribution in [0.5, 0.6) is 0 Å². The number of unbranched alkanes of at least 4 members (excludes halogenated alkanes) is 4. The van der Waals surface area contributed by atoms with Gasteiger partial charge in [0.05, 0.1) is 0 Å². The zero-order chi connectivity index (χ0) is 17.9. The van der Waals surface area contributed by atoms with Gasteiger partial charge in [0.25, 0.3) is 0 Å². The third-order valence-electron chi connectivity index (χ3n) is 4.10. The van der Waals surface area contributed by atoms with Crippen LogP contribution in [0.4, 0.5) is 0 Å². The second kappa shape index (κ2) is 10.6. The molecule has 0 saturated carbocycles. The lowest BCUT2D eigenvalue weighted by molar-refractivity contribution is -0.154. The van der Waals surface area contributed by atoms with Crippen LogP contribution in [0.1, 0.15) is 67.8 Å². The molecule has 24 heavy (non-hydrogen) atoms. The molecule has 1 aromatic rings. The van der Waals surface area contributed by atoms with Crippen LogP contribution in [-0.2, 0) is 16.0 Å². The minimum Gasteiger partial charge on any atom is -0.481 e. The van der Waals surface area contributed by atoms with E-state index >= 15 is 0 Å². The Morgan fingerprint density at radius 2 is 1.50 bits per heavy atom. The molecule has 0 aromatic heterocycles. The molecule has 0 radical (unpaired) electrons. The number of carbonyl (C=O) groups is 3. The van der Waals surface area contributed by atoms with Crippen molar-refractivity contribution < 1.29 is 24.6 Å². The van der Waals surface area contributed by atoms with Gasteiger partial charge in [0, 0.05) is 12.0 Å². The van der Waals surface area contributed by atoms with Crippen LogP contribution in [0, 0.1) is 5.92 Å². The van der Waals surface area contributed by atoms with Crippen LogP contribution in [0.25, 0.3) is 0 Å². The third kappa shape index (κ3) is 6.94. The maximum atomic E-state index is 12.1. The first-order valence-corrected chi connectivity index (χ1v) is 8.53. The highest BCUT2D eigenvalue weighted by atomic mass is 16.4. The topological polar surface area (TPSA) is 91.7 Å². The van der Waals surface area contributed by atoms with Gasteiger partial charge in [-0.2, -0.15) is 0 Å². The van der Waals surface area contributed by atoms with E-state index in [1.54, 1.807) is 24.3 Å². The number of ketones is 1. The Kier molecular flexibility index (Phi) is 8.76. The summed E-state index contributed by atoms with van der Waals surface area (Å²) in [5, 5.41) is 17.7. The Labute approximate surface area is 142 Å². The lowest BCUT2D eigenvalue weighted by Gasteiger charge is -2.08. The molecule has 1 aromatic carbocycles. The fourth-order valence-electron chi connectivity index (χ4n) is 2.55. The molecule has 0 saturated heterocycles. The number of carboxylic acid groups (broad SMARTS) is 2. The van der Waals surface area contributed by atoms with Crippen molar-refractivity contribution in [1.82, 2.24) is 0 Å². The second-order valence-electron chi connectivity index (χ2n) is 6.05. The molecule has 1 rings (SSSR count). The van der Waals surface area contributed by atoms with Crippen molar-refractivity contribution in [3.05, 3.63) is 35.4 Å². The normalized spacial score (nSPS) is 10.8. The summed E-state index contributed by atoms with van der Waals surface area (Å²) in [6, 6.07) is 7.01. The first-order valence-electron chi connectivity index (χ1n) is 8.53. The van der Waals surface area contributed by atoms with Crippen molar-refractivity contribution in [3.63, 3.8) is 0 Å². The summed E-state index contributed by atoms with van der Waals surface area (Å²) in [5.74, 6) is -3.92. The number of benzene rings is 1. The standard InChI is InChI=1S/C19H26O5/c1-2-3-4-5-6-7-17(20)15-11-8-14(9-12-15)10-13-16(18(21)22)19(23)24/h8-9,11-12,16H,2-7,10,13H2,1H3,(H,21,22)(H,23,24). The molecule has 0 aliphatic carbocycles. The van der Waals surface area contributed by atoms with Crippen LogP contribution in [-0.4, -0.2) is 27.9 Å². The summed E-state index contributed by atoms with van der Waals surface area (Å²) in [6.07, 6.45) is 6.46. The maximum absolute atomic E-state index is 12.1. The van der Waals surface area contributed by atoms with Gasteiger partial charge in [0.2, 0.25) is 0 Å². The molecule has 5 nitrogen and oxygen atoms in total. The number of hydrogen-bond acceptors (Lipinski definition) is 3. The quantitative estimate of drug-likeness (QED) is 0.343. The van der Waals surface area contributed by atoms with E-state index in [2.05, 4.69) is 6.92 Å². The Morgan fingerprint density at radius 3 is 2.04 bits per heavy atom. The Balaban J connectivity index is 2.46. The van der Waals surface area contributed by atoms with Crippen molar-refractivity contribution >= 4 is 17.7 Å². The van der Waals surface area contributed by atoms with E-state index in [1.165, 1.54) is 12.8 Å². The minimum absolute atomic E-state index is 0.0371. The number of rotatable bonds is 12. The van der Waals surface area contributed by atoms with Gasteiger partial charge in [0.1, 0.15) is 0 Å². The number of carboxylic acids is 2. The first-order chi connectivity index (χ1) is 11.5. The molecule has 2 N–H and O–H groups in total. The van der Waals surface area contributed by atoms with Gasteiger partial charge in [-0.05, 0) is 24.8 Å². The molecular formula is C19H26O5. The zero-order valence-corrected chi connectivity index (χ0v) is 14.2. The number of hydrogen-bond donors (Lipinski definition) is 2. The first kappa shape index (κ1) is 19.9. The molecule has 0 fully saturated rings. The van der Waals surface area contributed by atoms with Gasteiger partial charge in [0.15, 0.2) is 11.7 Å². The number of Topliss-reactive ketones (excluding diaryl/α,β-unsaturated/α-hetero) is 1. The molecule has 5 heteroatoms. The Bertz CT molecular complexity index is 533. The Morgan fingerprint density at radius 1 is 0.917 bits per heavy atom. The van der Waals surface area contributed by atoms with Gasteiger partial charge in [-0.1, -0.05) is 56.9 Å². The fraction of sp³-hybridized carbons (Fsp3) is 0.526. The molecule has 0 amide bonds.